The van der Waals surface area contributed by atoms with E-state index in [2.05, 4.69) is 13.2 Å². The SMILES string of the molecule is C=CC(=O)OCCC(CO)(CCOC(=O)C=C)n1c(=O)[nH]c(=O)[nH]c1=O. The number of aliphatic hydroxyl groups is 1. The molecule has 11 heteroatoms. The van der Waals surface area contributed by atoms with Crippen LogP contribution in [0.15, 0.2) is 39.7 Å². The van der Waals surface area contributed by atoms with E-state index in [1.807, 2.05) is 9.97 Å². The first kappa shape index (κ1) is 20.8. The fourth-order valence-corrected chi connectivity index (χ4v) is 2.24. The summed E-state index contributed by atoms with van der Waals surface area (Å²) in [4.78, 5) is 61.5. The van der Waals surface area contributed by atoms with Crippen molar-refractivity contribution in [2.75, 3.05) is 19.8 Å². The molecule has 1 aromatic rings. The highest BCUT2D eigenvalue weighted by Crippen LogP contribution is 2.22. The average molecular weight is 369 g/mol. The van der Waals surface area contributed by atoms with Crippen molar-refractivity contribution in [2.24, 2.45) is 0 Å². The molecule has 0 radical (unpaired) electrons. The van der Waals surface area contributed by atoms with Crippen molar-refractivity contribution >= 4 is 11.9 Å². The Balaban J connectivity index is 3.23. The summed E-state index contributed by atoms with van der Waals surface area (Å²) in [5, 5.41) is 9.87. The Morgan fingerprint density at radius 1 is 1.00 bits per heavy atom. The number of hydrogen-bond acceptors (Lipinski definition) is 8. The van der Waals surface area contributed by atoms with E-state index in [0.717, 1.165) is 12.2 Å². The Morgan fingerprint density at radius 3 is 1.77 bits per heavy atom. The molecule has 0 aromatic carbocycles. The van der Waals surface area contributed by atoms with Crippen LogP contribution in [0.2, 0.25) is 0 Å². The first-order valence-electron chi connectivity index (χ1n) is 7.45. The fraction of sp³-hybridized carbons (Fsp3) is 0.400. The van der Waals surface area contributed by atoms with Gasteiger partial charge in [0.05, 0.1) is 25.4 Å². The summed E-state index contributed by atoms with van der Waals surface area (Å²) in [5.41, 5.74) is -4.76. The van der Waals surface area contributed by atoms with E-state index >= 15 is 0 Å². The van der Waals surface area contributed by atoms with E-state index in [1.165, 1.54) is 0 Å². The second kappa shape index (κ2) is 9.32. The van der Waals surface area contributed by atoms with Gasteiger partial charge < -0.3 is 14.6 Å². The molecule has 11 nitrogen and oxygen atoms in total. The highest BCUT2D eigenvalue weighted by Gasteiger charge is 2.35. The van der Waals surface area contributed by atoms with Crippen LogP contribution in [0.4, 0.5) is 0 Å². The summed E-state index contributed by atoms with van der Waals surface area (Å²) >= 11 is 0. The summed E-state index contributed by atoms with van der Waals surface area (Å²) in [7, 11) is 0. The lowest BCUT2D eigenvalue weighted by atomic mass is 9.92. The van der Waals surface area contributed by atoms with Crippen molar-refractivity contribution in [3.8, 4) is 0 Å². The Kier molecular flexibility index (Phi) is 7.47. The van der Waals surface area contributed by atoms with Crippen LogP contribution in [-0.4, -0.2) is 51.4 Å². The second-order valence-electron chi connectivity index (χ2n) is 5.15. The number of rotatable bonds is 10. The summed E-state index contributed by atoms with van der Waals surface area (Å²) in [6.45, 7) is 5.18. The quantitative estimate of drug-likeness (QED) is 0.320. The molecular formula is C15H19N3O8. The van der Waals surface area contributed by atoms with Crippen LogP contribution in [-0.2, 0) is 24.6 Å². The molecule has 1 rings (SSSR count). The summed E-state index contributed by atoms with van der Waals surface area (Å²) in [6.07, 6.45) is 1.49. The maximum absolute atomic E-state index is 12.1. The van der Waals surface area contributed by atoms with E-state index in [-0.39, 0.29) is 26.1 Å². The van der Waals surface area contributed by atoms with Crippen LogP contribution in [0.25, 0.3) is 0 Å². The number of aromatic amines is 2. The first-order valence-corrected chi connectivity index (χ1v) is 7.45. The number of hydrogen-bond donors (Lipinski definition) is 3. The van der Waals surface area contributed by atoms with Crippen LogP contribution in [0.3, 0.4) is 0 Å². The van der Waals surface area contributed by atoms with Gasteiger partial charge in [-0.1, -0.05) is 13.2 Å². The van der Waals surface area contributed by atoms with E-state index < -0.39 is 41.2 Å². The second-order valence-corrected chi connectivity index (χ2v) is 5.15. The van der Waals surface area contributed by atoms with Crippen LogP contribution < -0.4 is 17.1 Å². The number of carbonyl (C=O) groups is 2. The first-order chi connectivity index (χ1) is 12.3. The van der Waals surface area contributed by atoms with Gasteiger partial charge in [-0.15, -0.1) is 0 Å². The van der Waals surface area contributed by atoms with Gasteiger partial charge in [-0.05, 0) is 0 Å². The highest BCUT2D eigenvalue weighted by atomic mass is 16.5. The zero-order chi connectivity index (χ0) is 19.7. The zero-order valence-electron chi connectivity index (χ0n) is 13.9. The monoisotopic (exact) mass is 369 g/mol. The molecule has 0 aliphatic heterocycles. The van der Waals surface area contributed by atoms with Crippen LogP contribution >= 0.6 is 0 Å². The van der Waals surface area contributed by atoms with Crippen molar-refractivity contribution in [3.63, 3.8) is 0 Å². The zero-order valence-corrected chi connectivity index (χ0v) is 13.9. The molecule has 0 unspecified atom stereocenters. The molecule has 0 fully saturated rings. The summed E-state index contributed by atoms with van der Waals surface area (Å²) in [6, 6.07) is 0. The molecular weight excluding hydrogens is 350 g/mol. The minimum absolute atomic E-state index is 0.177. The van der Waals surface area contributed by atoms with Gasteiger partial charge in [0.2, 0.25) is 0 Å². The molecule has 0 atom stereocenters. The minimum atomic E-state index is -1.60. The number of esters is 2. The molecule has 0 aliphatic rings. The van der Waals surface area contributed by atoms with E-state index in [1.54, 1.807) is 0 Å². The summed E-state index contributed by atoms with van der Waals surface area (Å²) in [5.74, 6) is -1.48. The number of nitrogens with one attached hydrogen (secondary N) is 2. The third-order valence-corrected chi connectivity index (χ3v) is 3.57. The molecule has 0 spiro atoms. The Labute approximate surface area is 146 Å². The lowest BCUT2D eigenvalue weighted by molar-refractivity contribution is -0.139. The molecule has 0 bridgehead atoms. The van der Waals surface area contributed by atoms with Crippen LogP contribution in [0.5, 0.6) is 0 Å². The van der Waals surface area contributed by atoms with E-state index in [4.69, 9.17) is 9.47 Å². The lowest BCUT2D eigenvalue weighted by Crippen LogP contribution is -2.56. The van der Waals surface area contributed by atoms with Crippen molar-refractivity contribution in [1.82, 2.24) is 14.5 Å². The van der Waals surface area contributed by atoms with Crippen molar-refractivity contribution in [1.29, 1.82) is 0 Å². The lowest BCUT2D eigenvalue weighted by Gasteiger charge is -2.32. The highest BCUT2D eigenvalue weighted by molar-refractivity contribution is 5.81. The van der Waals surface area contributed by atoms with Gasteiger partial charge in [0.15, 0.2) is 0 Å². The normalized spacial score (nSPS) is 10.8. The maximum atomic E-state index is 12.1. The number of H-pyrrole nitrogens is 2. The van der Waals surface area contributed by atoms with Gasteiger partial charge >= 0.3 is 29.0 Å². The van der Waals surface area contributed by atoms with Gasteiger partial charge in [-0.2, -0.15) is 0 Å². The molecule has 3 N–H and O–H groups in total. The number of carbonyl (C=O) groups excluding carboxylic acids is 2. The molecule has 26 heavy (non-hydrogen) atoms. The Hall–Kier alpha value is -3.21. The van der Waals surface area contributed by atoms with E-state index in [0.29, 0.717) is 4.57 Å². The largest absolute Gasteiger partial charge is 0.462 e. The smallest absolute Gasteiger partial charge is 0.334 e. The van der Waals surface area contributed by atoms with Gasteiger partial charge in [-0.3, -0.25) is 9.97 Å². The predicted molar refractivity (Wildman–Crippen MR) is 88.5 cm³/mol. The fourth-order valence-electron chi connectivity index (χ4n) is 2.24. The van der Waals surface area contributed by atoms with Gasteiger partial charge in [0.1, 0.15) is 0 Å². The van der Waals surface area contributed by atoms with Crippen molar-refractivity contribution in [3.05, 3.63) is 56.8 Å². The molecule has 1 aromatic heterocycles. The van der Waals surface area contributed by atoms with E-state index in [9.17, 15) is 29.1 Å². The maximum Gasteiger partial charge on any atom is 0.334 e. The standard InChI is InChI=1S/C15H19N3O8/c1-3-10(20)25-7-5-15(9-19,6-8-26-11(21)4-2)18-13(23)16-12(22)17-14(18)24/h3-4,19H,1-2,5-9H2,(H2,16,17,22,23,24). The van der Waals surface area contributed by atoms with Crippen molar-refractivity contribution in [2.45, 2.75) is 18.4 Å². The molecule has 0 aliphatic carbocycles. The average Bonchev–Trinajstić information content (AvgIpc) is 2.59. The van der Waals surface area contributed by atoms with Crippen LogP contribution in [0, 0.1) is 0 Å². The number of aliphatic hydroxyl groups excluding tert-OH is 1. The molecule has 0 saturated heterocycles. The number of ether oxygens (including phenoxy) is 2. The third-order valence-electron chi connectivity index (χ3n) is 3.57. The van der Waals surface area contributed by atoms with Crippen LogP contribution in [0.1, 0.15) is 12.8 Å². The Bertz CT molecular complexity index is 787. The predicted octanol–water partition coefficient (Wildman–Crippen LogP) is -1.85. The third kappa shape index (κ3) is 5.14. The van der Waals surface area contributed by atoms with Gasteiger partial charge in [0, 0.05) is 25.0 Å². The van der Waals surface area contributed by atoms with Crippen molar-refractivity contribution < 1.29 is 24.2 Å². The minimum Gasteiger partial charge on any atom is -0.462 e. The molecule has 1 heterocycles. The summed E-state index contributed by atoms with van der Waals surface area (Å²) < 4.78 is 10.3. The number of nitrogens with zero attached hydrogens (tertiary/aromatic N) is 1. The van der Waals surface area contributed by atoms with Gasteiger partial charge in [0.25, 0.3) is 0 Å². The Morgan fingerprint density at radius 2 is 1.42 bits per heavy atom. The molecule has 0 amide bonds. The molecule has 0 saturated carbocycles. The van der Waals surface area contributed by atoms with Gasteiger partial charge in [-0.25, -0.2) is 28.5 Å². The molecule has 142 valence electrons. The number of aromatic nitrogens is 3. The topological polar surface area (TPSA) is 161 Å².